The van der Waals surface area contributed by atoms with Crippen molar-refractivity contribution in [3.63, 3.8) is 0 Å². The van der Waals surface area contributed by atoms with E-state index in [0.29, 0.717) is 0 Å². The number of hydrogen-bond acceptors (Lipinski definition) is 2. The third-order valence-electron chi connectivity index (χ3n) is 2.29. The van der Waals surface area contributed by atoms with Crippen molar-refractivity contribution in [1.29, 1.82) is 0 Å². The first-order valence-electron chi connectivity index (χ1n) is 5.51. The molecule has 0 aliphatic rings. The zero-order chi connectivity index (χ0) is 13.5. The molecule has 0 heterocycles. The number of nitrogens with zero attached hydrogens (tertiary/aromatic N) is 1. The van der Waals surface area contributed by atoms with Crippen LogP contribution in [0.5, 0.6) is 0 Å². The molecule has 0 saturated heterocycles. The average Bonchev–Trinajstić information content (AvgIpc) is 2.35. The van der Waals surface area contributed by atoms with E-state index < -0.39 is 11.7 Å². The number of aryl methyl sites for hydroxylation is 1. The van der Waals surface area contributed by atoms with Crippen molar-refractivity contribution >= 4 is 11.7 Å². The Morgan fingerprint density at radius 2 is 1.89 bits per heavy atom. The predicted molar refractivity (Wildman–Crippen MR) is 70.9 cm³/mol. The van der Waals surface area contributed by atoms with Crippen molar-refractivity contribution in [3.05, 3.63) is 47.5 Å². The molecule has 92 valence electrons. The van der Waals surface area contributed by atoms with Gasteiger partial charge < -0.3 is 4.90 Å². The summed E-state index contributed by atoms with van der Waals surface area (Å²) in [5, 5.41) is 0. The summed E-state index contributed by atoms with van der Waals surface area (Å²) in [4.78, 5) is 23.8. The molecule has 0 bridgehead atoms. The molecule has 0 aromatic heterocycles. The molecular weight excluding hydrogens is 226 g/mol. The highest BCUT2D eigenvalue weighted by atomic mass is 16.2. The highest BCUT2D eigenvalue weighted by molar-refractivity contribution is 6.40. The van der Waals surface area contributed by atoms with Gasteiger partial charge in [0.1, 0.15) is 0 Å². The van der Waals surface area contributed by atoms with Crippen molar-refractivity contribution in [2.24, 2.45) is 0 Å². The second-order valence-corrected chi connectivity index (χ2v) is 3.98. The second kappa shape index (κ2) is 6.41. The molecule has 1 rings (SSSR count). The highest BCUT2D eigenvalue weighted by Crippen LogP contribution is 2.04. The third kappa shape index (κ3) is 3.91. The van der Waals surface area contributed by atoms with Crippen molar-refractivity contribution in [3.8, 4) is 11.8 Å². The van der Waals surface area contributed by atoms with E-state index in [1.807, 2.05) is 31.2 Å². The van der Waals surface area contributed by atoms with Crippen LogP contribution in [0.25, 0.3) is 0 Å². The molecule has 0 N–H and O–H groups in total. The summed E-state index contributed by atoms with van der Waals surface area (Å²) in [6.45, 7) is 1.97. The summed E-state index contributed by atoms with van der Waals surface area (Å²) < 4.78 is 0. The minimum Gasteiger partial charge on any atom is -0.342 e. The van der Waals surface area contributed by atoms with Gasteiger partial charge in [0.05, 0.1) is 0 Å². The predicted octanol–water partition coefficient (Wildman–Crippen LogP) is 1.56. The van der Waals surface area contributed by atoms with Gasteiger partial charge in [-0.05, 0) is 30.7 Å². The van der Waals surface area contributed by atoms with Crippen molar-refractivity contribution in [2.45, 2.75) is 6.92 Å². The molecular formula is C15H15NO2. The molecule has 3 heteroatoms. The molecule has 18 heavy (non-hydrogen) atoms. The molecule has 1 aromatic carbocycles. The Labute approximate surface area is 107 Å². The lowest BCUT2D eigenvalue weighted by atomic mass is 10.1. The van der Waals surface area contributed by atoms with Crippen molar-refractivity contribution in [2.75, 3.05) is 14.1 Å². The number of amides is 1. The Balaban J connectivity index is 2.70. The number of carbonyl (C=O) groups is 2. The van der Waals surface area contributed by atoms with E-state index in [2.05, 4.69) is 11.8 Å². The first kappa shape index (κ1) is 13.7. The summed E-state index contributed by atoms with van der Waals surface area (Å²) >= 11 is 0. The number of likely N-dealkylation sites (N-methyl/N-ethyl adjacent to an activating group) is 1. The van der Waals surface area contributed by atoms with Gasteiger partial charge in [-0.25, -0.2) is 0 Å². The Morgan fingerprint density at radius 3 is 2.50 bits per heavy atom. The van der Waals surface area contributed by atoms with E-state index in [1.54, 1.807) is 0 Å². The van der Waals surface area contributed by atoms with Crippen LogP contribution in [0, 0.1) is 18.8 Å². The fourth-order valence-corrected chi connectivity index (χ4v) is 1.24. The molecule has 0 fully saturated rings. The van der Waals surface area contributed by atoms with E-state index in [0.717, 1.165) is 11.1 Å². The van der Waals surface area contributed by atoms with Gasteiger partial charge in [0, 0.05) is 19.7 Å². The fraction of sp³-hybridized carbons (Fsp3) is 0.200. The Morgan fingerprint density at radius 1 is 1.22 bits per heavy atom. The quantitative estimate of drug-likeness (QED) is 0.447. The molecule has 0 unspecified atom stereocenters. The summed E-state index contributed by atoms with van der Waals surface area (Å²) in [5.41, 5.74) is 1.99. The Hall–Kier alpha value is -2.34. The molecule has 0 radical (unpaired) electrons. The largest absolute Gasteiger partial charge is 0.342 e. The lowest BCUT2D eigenvalue weighted by Gasteiger charge is -2.05. The smallest absolute Gasteiger partial charge is 0.293 e. The number of benzene rings is 1. The van der Waals surface area contributed by atoms with E-state index in [4.69, 9.17) is 0 Å². The van der Waals surface area contributed by atoms with Crippen LogP contribution in [0.15, 0.2) is 36.4 Å². The number of hydrogen-bond donors (Lipinski definition) is 0. The van der Waals surface area contributed by atoms with Gasteiger partial charge in [-0.15, -0.1) is 0 Å². The van der Waals surface area contributed by atoms with Crippen molar-refractivity contribution in [1.82, 2.24) is 4.90 Å². The van der Waals surface area contributed by atoms with E-state index in [9.17, 15) is 9.59 Å². The summed E-state index contributed by atoms with van der Waals surface area (Å²) in [6.07, 6.45) is 2.59. The average molecular weight is 241 g/mol. The monoisotopic (exact) mass is 241 g/mol. The highest BCUT2D eigenvalue weighted by Gasteiger charge is 2.10. The first-order chi connectivity index (χ1) is 8.52. The van der Waals surface area contributed by atoms with E-state index >= 15 is 0 Å². The Bertz CT molecular complexity index is 545. The lowest BCUT2D eigenvalue weighted by molar-refractivity contribution is -0.140. The maximum absolute atomic E-state index is 11.3. The molecule has 0 saturated carbocycles. The van der Waals surface area contributed by atoms with Crippen LogP contribution >= 0.6 is 0 Å². The minimum absolute atomic E-state index is 0.552. The summed E-state index contributed by atoms with van der Waals surface area (Å²) in [7, 11) is 3.07. The van der Waals surface area contributed by atoms with E-state index in [-0.39, 0.29) is 0 Å². The van der Waals surface area contributed by atoms with Crippen LogP contribution < -0.4 is 0 Å². The maximum Gasteiger partial charge on any atom is 0.293 e. The zero-order valence-corrected chi connectivity index (χ0v) is 10.7. The normalized spacial score (nSPS) is 9.72. The zero-order valence-electron chi connectivity index (χ0n) is 10.7. The standard InChI is InChI=1S/C15H15NO2/c1-12-8-4-5-9-13(12)10-6-7-11-14(17)15(18)16(2)3/h4-5,7-9,11H,1-3H3/b11-7+. The SMILES string of the molecule is Cc1ccccc1C#C/C=C/C(=O)C(=O)N(C)C. The molecule has 0 aliphatic carbocycles. The molecule has 1 amide bonds. The lowest BCUT2D eigenvalue weighted by Crippen LogP contribution is -2.28. The summed E-state index contributed by atoms with van der Waals surface area (Å²) in [5.74, 6) is 4.55. The van der Waals surface area contributed by atoms with Crippen LogP contribution in [0.4, 0.5) is 0 Å². The van der Waals surface area contributed by atoms with Crippen LogP contribution in [0.2, 0.25) is 0 Å². The van der Waals surface area contributed by atoms with Gasteiger partial charge in [0.2, 0.25) is 5.78 Å². The maximum atomic E-state index is 11.3. The number of ketones is 1. The Kier molecular flexibility index (Phi) is 4.89. The number of rotatable bonds is 2. The number of allylic oxidation sites excluding steroid dienone is 1. The van der Waals surface area contributed by atoms with Gasteiger partial charge in [-0.3, -0.25) is 9.59 Å². The molecule has 3 nitrogen and oxygen atoms in total. The van der Waals surface area contributed by atoms with Gasteiger partial charge in [0.15, 0.2) is 0 Å². The van der Waals surface area contributed by atoms with Crippen molar-refractivity contribution < 1.29 is 9.59 Å². The molecule has 0 aliphatic heterocycles. The first-order valence-corrected chi connectivity index (χ1v) is 5.51. The van der Waals surface area contributed by atoms with Gasteiger partial charge in [-0.2, -0.15) is 0 Å². The summed E-state index contributed by atoms with van der Waals surface area (Å²) in [6, 6.07) is 7.72. The molecule has 1 aromatic rings. The van der Waals surface area contributed by atoms with Gasteiger partial charge in [0.25, 0.3) is 5.91 Å². The van der Waals surface area contributed by atoms with Crippen LogP contribution in [-0.2, 0) is 9.59 Å². The topological polar surface area (TPSA) is 37.4 Å². The minimum atomic E-state index is -0.570. The third-order valence-corrected chi connectivity index (χ3v) is 2.29. The van der Waals surface area contributed by atoms with Gasteiger partial charge >= 0.3 is 0 Å². The molecule has 0 atom stereocenters. The fourth-order valence-electron chi connectivity index (χ4n) is 1.24. The van der Waals surface area contributed by atoms with E-state index in [1.165, 1.54) is 31.1 Å². The number of carbonyl (C=O) groups excluding carboxylic acids is 2. The van der Waals surface area contributed by atoms with Crippen LogP contribution in [0.1, 0.15) is 11.1 Å². The van der Waals surface area contributed by atoms with Crippen LogP contribution in [0.3, 0.4) is 0 Å². The van der Waals surface area contributed by atoms with Crippen LogP contribution in [-0.4, -0.2) is 30.7 Å². The second-order valence-electron chi connectivity index (χ2n) is 3.98. The molecule has 0 spiro atoms. The van der Waals surface area contributed by atoms with Gasteiger partial charge in [-0.1, -0.05) is 30.0 Å².